The lowest BCUT2D eigenvalue weighted by molar-refractivity contribution is -0.123. The normalized spacial score (nSPS) is 26.3. The van der Waals surface area contributed by atoms with Crippen molar-refractivity contribution >= 4 is 5.91 Å². The quantitative estimate of drug-likeness (QED) is 0.875. The van der Waals surface area contributed by atoms with Crippen molar-refractivity contribution < 1.29 is 19.0 Å². The molecule has 0 radical (unpaired) electrons. The number of aliphatic hydroxyl groups excluding tert-OH is 1. The first kappa shape index (κ1) is 16.4. The molecule has 2 N–H and O–H groups in total. The summed E-state index contributed by atoms with van der Waals surface area (Å²) in [6, 6.07) is 6.41. The van der Waals surface area contributed by atoms with Crippen LogP contribution in [0.5, 0.6) is 0 Å². The Bertz CT molecular complexity index is 531. The van der Waals surface area contributed by atoms with Gasteiger partial charge in [-0.3, -0.25) is 9.69 Å². The van der Waals surface area contributed by atoms with E-state index in [9.17, 15) is 14.3 Å². The molecule has 2 aliphatic rings. The van der Waals surface area contributed by atoms with E-state index in [4.69, 9.17) is 4.74 Å². The van der Waals surface area contributed by atoms with Crippen molar-refractivity contribution in [3.05, 3.63) is 35.6 Å². The van der Waals surface area contributed by atoms with E-state index in [-0.39, 0.29) is 30.4 Å². The zero-order chi connectivity index (χ0) is 16.2. The van der Waals surface area contributed by atoms with Gasteiger partial charge >= 0.3 is 0 Å². The number of aliphatic hydroxyl groups is 1. The third-order valence-corrected chi connectivity index (χ3v) is 4.57. The Labute approximate surface area is 135 Å². The molecule has 1 aromatic carbocycles. The van der Waals surface area contributed by atoms with Gasteiger partial charge in [-0.2, -0.15) is 0 Å². The fourth-order valence-corrected chi connectivity index (χ4v) is 3.39. The predicted molar refractivity (Wildman–Crippen MR) is 83.3 cm³/mol. The van der Waals surface area contributed by atoms with Crippen molar-refractivity contribution in [3.63, 3.8) is 0 Å². The van der Waals surface area contributed by atoms with Crippen LogP contribution in [-0.4, -0.2) is 54.4 Å². The minimum Gasteiger partial charge on any atom is -0.392 e. The second-order valence-electron chi connectivity index (χ2n) is 6.34. The third-order valence-electron chi connectivity index (χ3n) is 4.57. The Morgan fingerprint density at radius 2 is 2.00 bits per heavy atom. The van der Waals surface area contributed by atoms with Gasteiger partial charge < -0.3 is 15.2 Å². The molecule has 0 saturated carbocycles. The maximum atomic E-state index is 13.1. The minimum atomic E-state index is -0.457. The number of amides is 1. The number of carbonyl (C=O) groups excluding carboxylic acids is 1. The molecule has 3 rings (SSSR count). The number of hydrogen-bond donors (Lipinski definition) is 2. The second-order valence-corrected chi connectivity index (χ2v) is 6.34. The van der Waals surface area contributed by atoms with Crippen LogP contribution in [0, 0.1) is 5.82 Å². The van der Waals surface area contributed by atoms with Crippen LogP contribution < -0.4 is 5.32 Å². The first-order chi connectivity index (χ1) is 11.1. The molecule has 2 aliphatic heterocycles. The molecule has 126 valence electrons. The van der Waals surface area contributed by atoms with E-state index >= 15 is 0 Å². The molecule has 2 saturated heterocycles. The zero-order valence-corrected chi connectivity index (χ0v) is 13.1. The van der Waals surface area contributed by atoms with Crippen molar-refractivity contribution in [2.24, 2.45) is 0 Å². The van der Waals surface area contributed by atoms with Crippen molar-refractivity contribution in [2.75, 3.05) is 26.3 Å². The summed E-state index contributed by atoms with van der Waals surface area (Å²) in [5.41, 5.74) is 0.932. The Balaban J connectivity index is 1.60. The van der Waals surface area contributed by atoms with Crippen LogP contribution >= 0.6 is 0 Å². The third kappa shape index (κ3) is 4.28. The summed E-state index contributed by atoms with van der Waals surface area (Å²) in [4.78, 5) is 14.2. The second kappa shape index (κ2) is 7.38. The molecule has 1 aromatic rings. The summed E-state index contributed by atoms with van der Waals surface area (Å²) in [7, 11) is 0. The summed E-state index contributed by atoms with van der Waals surface area (Å²) in [5, 5.41) is 13.0. The highest BCUT2D eigenvalue weighted by Crippen LogP contribution is 2.31. The maximum Gasteiger partial charge on any atom is 0.234 e. The van der Waals surface area contributed by atoms with E-state index < -0.39 is 6.10 Å². The fraction of sp³-hybridized carbons (Fsp3) is 0.588. The molecule has 23 heavy (non-hydrogen) atoms. The number of hydrogen-bond acceptors (Lipinski definition) is 4. The van der Waals surface area contributed by atoms with Crippen molar-refractivity contribution in [3.8, 4) is 0 Å². The van der Waals surface area contributed by atoms with Crippen molar-refractivity contribution in [1.82, 2.24) is 10.2 Å². The molecular formula is C17H23FN2O3. The van der Waals surface area contributed by atoms with Crippen LogP contribution in [-0.2, 0) is 9.53 Å². The van der Waals surface area contributed by atoms with Gasteiger partial charge in [0, 0.05) is 31.8 Å². The molecule has 0 aliphatic carbocycles. The Morgan fingerprint density at radius 1 is 1.30 bits per heavy atom. The number of β-amino-alcohol motifs (C(OH)–C–C–N with tert-alkyl or cyclic N) is 1. The lowest BCUT2D eigenvalue weighted by atomic mass is 10.0. The molecular weight excluding hydrogens is 299 g/mol. The number of halogens is 1. The van der Waals surface area contributed by atoms with Crippen LogP contribution in [0.4, 0.5) is 4.39 Å². The van der Waals surface area contributed by atoms with Gasteiger partial charge in [0.2, 0.25) is 5.91 Å². The van der Waals surface area contributed by atoms with Crippen LogP contribution in [0.15, 0.2) is 24.3 Å². The molecule has 2 unspecified atom stereocenters. The smallest absolute Gasteiger partial charge is 0.234 e. The van der Waals surface area contributed by atoms with Crippen LogP contribution in [0.2, 0.25) is 0 Å². The SMILES string of the molecule is O=C(CN1CC(O)CC1c1ccc(F)cc1)NC1CCOCC1. The molecule has 1 amide bonds. The summed E-state index contributed by atoms with van der Waals surface area (Å²) >= 11 is 0. The molecule has 2 heterocycles. The minimum absolute atomic E-state index is 0.0295. The summed E-state index contributed by atoms with van der Waals surface area (Å²) in [6.45, 7) is 2.08. The van der Waals surface area contributed by atoms with E-state index in [1.807, 2.05) is 4.90 Å². The fourth-order valence-electron chi connectivity index (χ4n) is 3.39. The van der Waals surface area contributed by atoms with Crippen molar-refractivity contribution in [1.29, 1.82) is 0 Å². The molecule has 2 atom stereocenters. The summed E-state index contributed by atoms with van der Waals surface area (Å²) in [6.07, 6.45) is 1.79. The average Bonchev–Trinajstić information content (AvgIpc) is 2.89. The number of rotatable bonds is 4. The zero-order valence-electron chi connectivity index (χ0n) is 13.1. The van der Waals surface area contributed by atoms with Gasteiger partial charge in [0.15, 0.2) is 0 Å². The summed E-state index contributed by atoms with van der Waals surface area (Å²) < 4.78 is 18.4. The van der Waals surface area contributed by atoms with Crippen LogP contribution in [0.25, 0.3) is 0 Å². The van der Waals surface area contributed by atoms with Gasteiger partial charge in [-0.25, -0.2) is 4.39 Å². The molecule has 2 fully saturated rings. The maximum absolute atomic E-state index is 13.1. The number of carbonyl (C=O) groups is 1. The highest BCUT2D eigenvalue weighted by Gasteiger charge is 2.33. The first-order valence-electron chi connectivity index (χ1n) is 8.16. The van der Waals surface area contributed by atoms with E-state index in [0.29, 0.717) is 26.2 Å². The number of nitrogens with zero attached hydrogens (tertiary/aromatic N) is 1. The molecule has 0 aromatic heterocycles. The molecule has 0 bridgehead atoms. The molecule has 5 nitrogen and oxygen atoms in total. The van der Waals surface area contributed by atoms with Crippen LogP contribution in [0.1, 0.15) is 30.9 Å². The van der Waals surface area contributed by atoms with Crippen LogP contribution in [0.3, 0.4) is 0 Å². The van der Waals surface area contributed by atoms with E-state index in [0.717, 1.165) is 18.4 Å². The van der Waals surface area contributed by atoms with Gasteiger partial charge in [0.1, 0.15) is 5.82 Å². The van der Waals surface area contributed by atoms with Gasteiger partial charge in [-0.1, -0.05) is 12.1 Å². The topological polar surface area (TPSA) is 61.8 Å². The van der Waals surface area contributed by atoms with E-state index in [1.54, 1.807) is 12.1 Å². The lowest BCUT2D eigenvalue weighted by Gasteiger charge is -2.27. The summed E-state index contributed by atoms with van der Waals surface area (Å²) in [5.74, 6) is -0.311. The Morgan fingerprint density at radius 3 is 2.70 bits per heavy atom. The largest absolute Gasteiger partial charge is 0.392 e. The monoisotopic (exact) mass is 322 g/mol. The highest BCUT2D eigenvalue weighted by atomic mass is 19.1. The highest BCUT2D eigenvalue weighted by molar-refractivity contribution is 5.78. The van der Waals surface area contributed by atoms with Gasteiger partial charge in [0.05, 0.1) is 12.6 Å². The lowest BCUT2D eigenvalue weighted by Crippen LogP contribution is -2.44. The Kier molecular flexibility index (Phi) is 5.25. The standard InChI is InChI=1S/C17H23FN2O3/c18-13-3-1-12(2-4-13)16-9-15(21)10-20(16)11-17(22)19-14-5-7-23-8-6-14/h1-4,14-16,21H,5-11H2,(H,19,22). The molecule has 0 spiro atoms. The van der Waals surface area contributed by atoms with Gasteiger partial charge in [-0.15, -0.1) is 0 Å². The number of ether oxygens (including phenoxy) is 1. The molecule has 6 heteroatoms. The van der Waals surface area contributed by atoms with E-state index in [2.05, 4.69) is 5.32 Å². The van der Waals surface area contributed by atoms with Gasteiger partial charge in [0.25, 0.3) is 0 Å². The van der Waals surface area contributed by atoms with Gasteiger partial charge in [-0.05, 0) is 37.0 Å². The predicted octanol–water partition coefficient (Wildman–Crippen LogP) is 1.23. The van der Waals surface area contributed by atoms with Crippen molar-refractivity contribution in [2.45, 2.75) is 37.5 Å². The number of likely N-dealkylation sites (tertiary alicyclic amines) is 1. The average molecular weight is 322 g/mol. The number of nitrogens with one attached hydrogen (secondary N) is 1. The van der Waals surface area contributed by atoms with E-state index in [1.165, 1.54) is 12.1 Å². The first-order valence-corrected chi connectivity index (χ1v) is 8.16. The number of benzene rings is 1. The Hall–Kier alpha value is -1.50.